The summed E-state index contributed by atoms with van der Waals surface area (Å²) in [5.74, 6) is 0.185. The molecule has 1 heteroatoms. The minimum absolute atomic E-state index is 0.00533. The first-order valence-electron chi connectivity index (χ1n) is 9.15. The quantitative estimate of drug-likeness (QED) is 0.388. The summed E-state index contributed by atoms with van der Waals surface area (Å²) in [7, 11) is 0. The molecule has 0 heterocycles. The molecule has 0 saturated carbocycles. The van der Waals surface area contributed by atoms with Gasteiger partial charge in [0.2, 0.25) is 0 Å². The molecule has 2 aliphatic carbocycles. The standard InChI is InChI=1S/C23H30O/c1-3-11-21(20-24)12-7-4-5-8-13-22(2)16-18-23(19-17-22)14-9-6-10-15-23/h4,7-10,13-21H,3,5-6,11-12H2,1-2H3/b7-4+,13-8-. The van der Waals surface area contributed by atoms with Crippen molar-refractivity contribution in [3.63, 3.8) is 0 Å². The second-order valence-corrected chi connectivity index (χ2v) is 7.10. The van der Waals surface area contributed by atoms with Gasteiger partial charge in [0.15, 0.2) is 0 Å². The zero-order valence-electron chi connectivity index (χ0n) is 15.0. The molecule has 128 valence electrons. The van der Waals surface area contributed by atoms with Crippen molar-refractivity contribution in [1.82, 2.24) is 0 Å². The highest BCUT2D eigenvalue weighted by Crippen LogP contribution is 2.38. The van der Waals surface area contributed by atoms with E-state index in [2.05, 4.69) is 86.8 Å². The third-order valence-electron chi connectivity index (χ3n) is 4.75. The van der Waals surface area contributed by atoms with E-state index in [4.69, 9.17) is 0 Å². The van der Waals surface area contributed by atoms with Crippen LogP contribution in [0.5, 0.6) is 0 Å². The third-order valence-corrected chi connectivity index (χ3v) is 4.75. The Morgan fingerprint density at radius 1 is 1.00 bits per heavy atom. The lowest BCUT2D eigenvalue weighted by Gasteiger charge is -2.30. The second-order valence-electron chi connectivity index (χ2n) is 7.10. The van der Waals surface area contributed by atoms with Crippen LogP contribution < -0.4 is 0 Å². The van der Waals surface area contributed by atoms with E-state index in [1.807, 2.05) is 0 Å². The molecule has 0 radical (unpaired) electrons. The number of allylic oxidation sites excluding steroid dienone is 12. The highest BCUT2D eigenvalue weighted by atomic mass is 16.1. The van der Waals surface area contributed by atoms with Gasteiger partial charge in [-0.05, 0) is 32.6 Å². The fraction of sp³-hybridized carbons (Fsp3) is 0.435. The van der Waals surface area contributed by atoms with E-state index in [9.17, 15) is 4.79 Å². The van der Waals surface area contributed by atoms with Crippen LogP contribution in [0.15, 0.2) is 72.9 Å². The largest absolute Gasteiger partial charge is 0.303 e. The smallest absolute Gasteiger partial charge is 0.123 e. The third kappa shape index (κ3) is 5.33. The zero-order valence-corrected chi connectivity index (χ0v) is 15.0. The molecule has 1 nitrogen and oxygen atoms in total. The lowest BCUT2D eigenvalue weighted by Crippen LogP contribution is -2.18. The molecule has 1 atom stereocenters. The molecule has 0 aromatic rings. The Morgan fingerprint density at radius 3 is 2.33 bits per heavy atom. The number of hydrogen-bond donors (Lipinski definition) is 0. The van der Waals surface area contributed by atoms with Crippen LogP contribution in [0, 0.1) is 16.7 Å². The first kappa shape index (κ1) is 18.4. The molecular weight excluding hydrogens is 292 g/mol. The fourth-order valence-corrected chi connectivity index (χ4v) is 3.15. The molecule has 0 aromatic carbocycles. The molecule has 1 unspecified atom stereocenters. The van der Waals surface area contributed by atoms with Crippen LogP contribution in [0.1, 0.15) is 46.0 Å². The maximum atomic E-state index is 10.9. The van der Waals surface area contributed by atoms with Gasteiger partial charge in [-0.15, -0.1) is 0 Å². The SMILES string of the molecule is CCCC(C=O)C/C=C/C/C=C\C1(C)C=CC2(C=CCC=C2)C=C1. The normalized spacial score (nSPS) is 21.9. The van der Waals surface area contributed by atoms with E-state index < -0.39 is 0 Å². The molecule has 0 bridgehead atoms. The molecule has 0 aromatic heterocycles. The Hall–Kier alpha value is -1.89. The van der Waals surface area contributed by atoms with E-state index >= 15 is 0 Å². The Bertz CT molecular complexity index is 555. The van der Waals surface area contributed by atoms with Crippen LogP contribution in [0.4, 0.5) is 0 Å². The van der Waals surface area contributed by atoms with E-state index in [1.54, 1.807) is 0 Å². The Balaban J connectivity index is 1.82. The van der Waals surface area contributed by atoms with Gasteiger partial charge in [0, 0.05) is 16.7 Å². The number of carbonyl (C=O) groups is 1. The van der Waals surface area contributed by atoms with Crippen molar-refractivity contribution in [3.8, 4) is 0 Å². The minimum atomic E-state index is -0.00818. The van der Waals surface area contributed by atoms with Crippen LogP contribution in [-0.2, 0) is 4.79 Å². The Labute approximate surface area is 147 Å². The molecular formula is C23H30O. The van der Waals surface area contributed by atoms with Gasteiger partial charge in [-0.1, -0.05) is 86.3 Å². The van der Waals surface area contributed by atoms with Gasteiger partial charge in [0.05, 0.1) is 0 Å². The van der Waals surface area contributed by atoms with Crippen molar-refractivity contribution >= 4 is 6.29 Å². The maximum Gasteiger partial charge on any atom is 0.123 e. The number of aldehydes is 1. The predicted octanol–water partition coefficient (Wildman–Crippen LogP) is 6.13. The molecule has 0 saturated heterocycles. The van der Waals surface area contributed by atoms with Crippen molar-refractivity contribution in [2.24, 2.45) is 16.7 Å². The van der Waals surface area contributed by atoms with E-state index in [1.165, 1.54) is 0 Å². The summed E-state index contributed by atoms with van der Waals surface area (Å²) >= 11 is 0. The van der Waals surface area contributed by atoms with Gasteiger partial charge in [0.25, 0.3) is 0 Å². The summed E-state index contributed by atoms with van der Waals surface area (Å²) in [5, 5.41) is 0. The maximum absolute atomic E-state index is 10.9. The average Bonchev–Trinajstić information content (AvgIpc) is 2.61. The van der Waals surface area contributed by atoms with Crippen LogP contribution >= 0.6 is 0 Å². The van der Waals surface area contributed by atoms with Crippen molar-refractivity contribution in [1.29, 1.82) is 0 Å². The molecule has 1 spiro atoms. The number of carbonyl (C=O) groups excluding carboxylic acids is 1. The predicted molar refractivity (Wildman–Crippen MR) is 104 cm³/mol. The van der Waals surface area contributed by atoms with Crippen molar-refractivity contribution in [2.75, 3.05) is 0 Å². The Kier molecular flexibility index (Phi) is 6.78. The zero-order chi connectivity index (χ0) is 17.3. The van der Waals surface area contributed by atoms with Gasteiger partial charge in [-0.3, -0.25) is 0 Å². The van der Waals surface area contributed by atoms with Gasteiger partial charge in [-0.2, -0.15) is 0 Å². The summed E-state index contributed by atoms with van der Waals surface area (Å²) in [4.78, 5) is 10.9. The van der Waals surface area contributed by atoms with Crippen LogP contribution in [-0.4, -0.2) is 6.29 Å². The lowest BCUT2D eigenvalue weighted by atomic mass is 9.74. The molecule has 0 N–H and O–H groups in total. The van der Waals surface area contributed by atoms with Crippen LogP contribution in [0.3, 0.4) is 0 Å². The molecule has 0 amide bonds. The van der Waals surface area contributed by atoms with Gasteiger partial charge in [-0.25, -0.2) is 0 Å². The number of rotatable bonds is 8. The fourth-order valence-electron chi connectivity index (χ4n) is 3.15. The molecule has 2 aliphatic rings. The van der Waals surface area contributed by atoms with Crippen molar-refractivity contribution < 1.29 is 4.79 Å². The average molecular weight is 322 g/mol. The van der Waals surface area contributed by atoms with Crippen LogP contribution in [0.25, 0.3) is 0 Å². The molecule has 24 heavy (non-hydrogen) atoms. The summed E-state index contributed by atoms with van der Waals surface area (Å²) in [6.07, 6.45) is 32.9. The topological polar surface area (TPSA) is 17.1 Å². The summed E-state index contributed by atoms with van der Waals surface area (Å²) in [5.41, 5.74) is -0.0135. The summed E-state index contributed by atoms with van der Waals surface area (Å²) in [6, 6.07) is 0. The van der Waals surface area contributed by atoms with Crippen molar-refractivity contribution in [2.45, 2.75) is 46.0 Å². The van der Waals surface area contributed by atoms with Crippen LogP contribution in [0.2, 0.25) is 0 Å². The highest BCUT2D eigenvalue weighted by Gasteiger charge is 2.26. The monoisotopic (exact) mass is 322 g/mol. The van der Waals surface area contributed by atoms with Gasteiger partial charge >= 0.3 is 0 Å². The lowest BCUT2D eigenvalue weighted by molar-refractivity contribution is -0.111. The van der Waals surface area contributed by atoms with E-state index in [0.717, 1.165) is 38.4 Å². The van der Waals surface area contributed by atoms with E-state index in [0.29, 0.717) is 0 Å². The number of hydrogen-bond acceptors (Lipinski definition) is 1. The first-order chi connectivity index (χ1) is 11.6. The van der Waals surface area contributed by atoms with E-state index in [-0.39, 0.29) is 16.7 Å². The summed E-state index contributed by atoms with van der Waals surface area (Å²) < 4.78 is 0. The van der Waals surface area contributed by atoms with Gasteiger partial charge in [0.1, 0.15) is 6.29 Å². The van der Waals surface area contributed by atoms with Crippen molar-refractivity contribution in [3.05, 3.63) is 72.9 Å². The summed E-state index contributed by atoms with van der Waals surface area (Å²) in [6.45, 7) is 4.35. The molecule has 0 aliphatic heterocycles. The first-order valence-corrected chi connectivity index (χ1v) is 9.15. The molecule has 0 fully saturated rings. The molecule has 2 rings (SSSR count). The highest BCUT2D eigenvalue weighted by molar-refractivity contribution is 5.53. The second kappa shape index (κ2) is 8.82. The van der Waals surface area contributed by atoms with Gasteiger partial charge < -0.3 is 4.79 Å². The Morgan fingerprint density at radius 2 is 1.71 bits per heavy atom. The minimum Gasteiger partial charge on any atom is -0.303 e.